The molecule has 0 bridgehead atoms. The largest absolute Gasteiger partial charge is 0.480 e. The summed E-state index contributed by atoms with van der Waals surface area (Å²) < 4.78 is 14.1. The van der Waals surface area contributed by atoms with E-state index in [1.165, 1.54) is 34.5 Å². The van der Waals surface area contributed by atoms with Gasteiger partial charge in [0.05, 0.1) is 10.7 Å². The molecule has 0 spiro atoms. The predicted molar refractivity (Wildman–Crippen MR) is 99.1 cm³/mol. The number of thiazole rings is 1. The highest BCUT2D eigenvalue weighted by molar-refractivity contribution is 7.11. The third-order valence-corrected chi connectivity index (χ3v) is 6.86. The quantitative estimate of drug-likeness (QED) is 0.873. The van der Waals surface area contributed by atoms with Gasteiger partial charge in [0.1, 0.15) is 11.9 Å². The lowest BCUT2D eigenvalue weighted by atomic mass is 9.94. The Morgan fingerprint density at radius 3 is 2.65 bits per heavy atom. The van der Waals surface area contributed by atoms with Crippen molar-refractivity contribution in [3.05, 3.63) is 51.2 Å². The number of benzene rings is 1. The van der Waals surface area contributed by atoms with Crippen LogP contribution in [0.15, 0.2) is 24.3 Å². The molecule has 1 saturated heterocycles. The molecule has 1 unspecified atom stereocenters. The second-order valence-electron chi connectivity index (χ2n) is 7.20. The van der Waals surface area contributed by atoms with Crippen LogP contribution in [0.2, 0.25) is 0 Å². The van der Waals surface area contributed by atoms with Crippen LogP contribution in [-0.2, 0) is 17.6 Å². The topological polar surface area (TPSA) is 53.4 Å². The molecule has 1 aliphatic heterocycles. The van der Waals surface area contributed by atoms with Gasteiger partial charge in [0, 0.05) is 16.4 Å². The van der Waals surface area contributed by atoms with Crippen LogP contribution in [0.1, 0.15) is 58.8 Å². The highest BCUT2D eigenvalue weighted by Crippen LogP contribution is 2.37. The van der Waals surface area contributed by atoms with Crippen LogP contribution in [0, 0.1) is 5.82 Å². The maximum Gasteiger partial charge on any atom is 0.325 e. The molecule has 2 aliphatic rings. The van der Waals surface area contributed by atoms with Gasteiger partial charge in [0.15, 0.2) is 0 Å². The van der Waals surface area contributed by atoms with Crippen molar-refractivity contribution in [3.63, 3.8) is 0 Å². The zero-order valence-corrected chi connectivity index (χ0v) is 15.5. The minimum atomic E-state index is -0.988. The van der Waals surface area contributed by atoms with Crippen LogP contribution < -0.4 is 0 Å². The first-order chi connectivity index (χ1) is 12.6. The molecule has 1 N–H and O–H groups in total. The molecule has 0 amide bonds. The predicted octanol–water partition coefficient (Wildman–Crippen LogP) is 4.17. The summed E-state index contributed by atoms with van der Waals surface area (Å²) in [7, 11) is 0. The molecule has 1 atom stereocenters. The van der Waals surface area contributed by atoms with Gasteiger partial charge in [0.2, 0.25) is 0 Å². The van der Waals surface area contributed by atoms with Crippen LogP contribution in [0.4, 0.5) is 4.39 Å². The molecule has 1 fully saturated rings. The van der Waals surface area contributed by atoms with Crippen LogP contribution in [0.25, 0.3) is 0 Å². The van der Waals surface area contributed by atoms with Gasteiger partial charge >= 0.3 is 5.97 Å². The van der Waals surface area contributed by atoms with Gasteiger partial charge in [-0.1, -0.05) is 18.2 Å². The number of aryl methyl sites for hydroxylation is 2. The van der Waals surface area contributed by atoms with Crippen LogP contribution >= 0.6 is 11.3 Å². The first-order valence-electron chi connectivity index (χ1n) is 9.33. The molecule has 1 aromatic carbocycles. The van der Waals surface area contributed by atoms with E-state index < -0.39 is 17.8 Å². The molecule has 26 heavy (non-hydrogen) atoms. The molecule has 4 nitrogen and oxygen atoms in total. The fourth-order valence-corrected chi connectivity index (χ4v) is 5.46. The van der Waals surface area contributed by atoms with Crippen LogP contribution in [0.5, 0.6) is 0 Å². The number of carboxylic acid groups (broad SMARTS) is 1. The standard InChI is InChI=1S/C20H23FN2O2S/c21-15-6-2-1-5-14(15)18(20(24)25)23-11-9-13(10-12-23)19-22-16-7-3-4-8-17(16)26-19/h1-2,5-6,13,18H,3-4,7-12H2,(H,24,25). The van der Waals surface area contributed by atoms with Gasteiger partial charge < -0.3 is 5.11 Å². The zero-order chi connectivity index (χ0) is 18.1. The Kier molecular flexibility index (Phi) is 5.05. The van der Waals surface area contributed by atoms with Crippen molar-refractivity contribution in [3.8, 4) is 0 Å². The second-order valence-corrected chi connectivity index (χ2v) is 8.32. The van der Waals surface area contributed by atoms with Gasteiger partial charge in [-0.05, 0) is 57.7 Å². The van der Waals surface area contributed by atoms with Crippen molar-refractivity contribution in [2.75, 3.05) is 13.1 Å². The number of halogens is 1. The average Bonchev–Trinajstić information content (AvgIpc) is 3.08. The van der Waals surface area contributed by atoms with E-state index in [-0.39, 0.29) is 5.56 Å². The number of carbonyl (C=O) groups is 1. The number of piperidine rings is 1. The lowest BCUT2D eigenvalue weighted by Gasteiger charge is -2.35. The highest BCUT2D eigenvalue weighted by Gasteiger charge is 2.34. The van der Waals surface area contributed by atoms with E-state index >= 15 is 0 Å². The van der Waals surface area contributed by atoms with Crippen LogP contribution in [-0.4, -0.2) is 34.0 Å². The normalized spacial score (nSPS) is 19.9. The molecule has 0 saturated carbocycles. The molecule has 138 valence electrons. The first kappa shape index (κ1) is 17.6. The summed E-state index contributed by atoms with van der Waals surface area (Å²) in [5.74, 6) is -1.04. The molecule has 4 rings (SSSR count). The number of nitrogens with zero attached hydrogens (tertiary/aromatic N) is 2. The smallest absolute Gasteiger partial charge is 0.325 e. The molecule has 6 heteroatoms. The number of hydrogen-bond donors (Lipinski definition) is 1. The molecular formula is C20H23FN2O2S. The van der Waals surface area contributed by atoms with E-state index in [9.17, 15) is 14.3 Å². The van der Waals surface area contributed by atoms with E-state index in [1.54, 1.807) is 18.2 Å². The number of rotatable bonds is 4. The van der Waals surface area contributed by atoms with E-state index in [0.29, 0.717) is 19.0 Å². The molecule has 2 heterocycles. The summed E-state index contributed by atoms with van der Waals surface area (Å²) in [6, 6.07) is 5.28. The van der Waals surface area contributed by atoms with Crippen molar-refractivity contribution < 1.29 is 14.3 Å². The molecule has 1 aromatic heterocycles. The molecule has 1 aliphatic carbocycles. The van der Waals surface area contributed by atoms with Crippen molar-refractivity contribution in [1.29, 1.82) is 0 Å². The van der Waals surface area contributed by atoms with Crippen molar-refractivity contribution in [2.24, 2.45) is 0 Å². The fourth-order valence-electron chi connectivity index (χ4n) is 4.13. The fraction of sp³-hybridized carbons (Fsp3) is 0.500. The Labute approximate surface area is 156 Å². The van der Waals surface area contributed by atoms with E-state index in [0.717, 1.165) is 25.7 Å². The Morgan fingerprint density at radius 2 is 1.96 bits per heavy atom. The zero-order valence-electron chi connectivity index (χ0n) is 14.7. The minimum Gasteiger partial charge on any atom is -0.480 e. The van der Waals surface area contributed by atoms with Gasteiger partial charge in [0.25, 0.3) is 0 Å². The lowest BCUT2D eigenvalue weighted by molar-refractivity contribution is -0.144. The summed E-state index contributed by atoms with van der Waals surface area (Å²) in [6.45, 7) is 1.31. The van der Waals surface area contributed by atoms with Gasteiger partial charge in [-0.15, -0.1) is 11.3 Å². The van der Waals surface area contributed by atoms with E-state index in [4.69, 9.17) is 4.98 Å². The molecular weight excluding hydrogens is 351 g/mol. The summed E-state index contributed by atoms with van der Waals surface area (Å²) in [5, 5.41) is 10.9. The Hall–Kier alpha value is -1.79. The minimum absolute atomic E-state index is 0.253. The molecule has 2 aromatic rings. The number of likely N-dealkylation sites (tertiary alicyclic amines) is 1. The SMILES string of the molecule is O=C(O)C(c1ccccc1F)N1CCC(c2nc3c(s2)CCCC3)CC1. The van der Waals surface area contributed by atoms with Crippen molar-refractivity contribution >= 4 is 17.3 Å². The summed E-state index contributed by atoms with van der Waals surface area (Å²) in [4.78, 5) is 20.0. The van der Waals surface area contributed by atoms with E-state index in [2.05, 4.69) is 0 Å². The van der Waals surface area contributed by atoms with Gasteiger partial charge in [-0.2, -0.15) is 0 Å². The second kappa shape index (κ2) is 7.45. The molecule has 0 radical (unpaired) electrons. The Balaban J connectivity index is 1.47. The Bertz CT molecular complexity index is 775. The highest BCUT2D eigenvalue weighted by atomic mass is 32.1. The van der Waals surface area contributed by atoms with E-state index in [1.807, 2.05) is 16.2 Å². The first-order valence-corrected chi connectivity index (χ1v) is 10.1. The number of hydrogen-bond acceptors (Lipinski definition) is 4. The monoisotopic (exact) mass is 374 g/mol. The maximum atomic E-state index is 14.1. The third-order valence-electron chi connectivity index (χ3n) is 5.54. The third kappa shape index (κ3) is 3.40. The lowest BCUT2D eigenvalue weighted by Crippen LogP contribution is -2.40. The van der Waals surface area contributed by atoms with Gasteiger partial charge in [-0.25, -0.2) is 9.37 Å². The van der Waals surface area contributed by atoms with Crippen LogP contribution in [0.3, 0.4) is 0 Å². The summed E-state index contributed by atoms with van der Waals surface area (Å²) in [6.07, 6.45) is 6.50. The Morgan fingerprint density at radius 1 is 1.23 bits per heavy atom. The van der Waals surface area contributed by atoms with Crippen molar-refractivity contribution in [2.45, 2.75) is 50.5 Å². The average molecular weight is 374 g/mol. The van der Waals surface area contributed by atoms with Gasteiger partial charge in [-0.3, -0.25) is 9.69 Å². The number of fused-ring (bicyclic) bond motifs is 1. The summed E-state index contributed by atoms with van der Waals surface area (Å²) in [5.41, 5.74) is 1.54. The summed E-state index contributed by atoms with van der Waals surface area (Å²) >= 11 is 1.85. The van der Waals surface area contributed by atoms with Crippen molar-refractivity contribution in [1.82, 2.24) is 9.88 Å². The maximum absolute atomic E-state index is 14.1. The number of carboxylic acids is 1. The number of aromatic nitrogens is 1. The number of aliphatic carboxylic acids is 1.